The Morgan fingerprint density at radius 1 is 0.972 bits per heavy atom. The third kappa shape index (κ3) is 5.44. The minimum atomic E-state index is -0.389. The average Bonchev–Trinajstić information content (AvgIpc) is 3.25. The summed E-state index contributed by atoms with van der Waals surface area (Å²) in [5.41, 5.74) is 6.86. The van der Waals surface area contributed by atoms with Crippen molar-refractivity contribution >= 4 is 23.3 Å². The SMILES string of the molecule is COC(=O)c1cccc(CO/N=C(/C)c2cc(-c3cccc(OC)c3)n(-c3cccc(Cl)c3)c2C)c1. The molecule has 3 aromatic carbocycles. The van der Waals surface area contributed by atoms with E-state index in [9.17, 15) is 4.79 Å². The van der Waals surface area contributed by atoms with Crippen LogP contribution in [0.1, 0.15) is 34.1 Å². The fourth-order valence-corrected chi connectivity index (χ4v) is 4.26. The van der Waals surface area contributed by atoms with Crippen molar-refractivity contribution in [1.29, 1.82) is 0 Å². The van der Waals surface area contributed by atoms with Gasteiger partial charge >= 0.3 is 5.97 Å². The molecule has 0 bridgehead atoms. The first-order chi connectivity index (χ1) is 17.4. The lowest BCUT2D eigenvalue weighted by atomic mass is 10.1. The first kappa shape index (κ1) is 25.1. The molecule has 1 heterocycles. The van der Waals surface area contributed by atoms with Crippen molar-refractivity contribution in [2.45, 2.75) is 20.5 Å². The smallest absolute Gasteiger partial charge is 0.337 e. The lowest BCUT2D eigenvalue weighted by molar-refractivity contribution is 0.0600. The van der Waals surface area contributed by atoms with Crippen LogP contribution in [-0.4, -0.2) is 30.5 Å². The van der Waals surface area contributed by atoms with Gasteiger partial charge in [-0.25, -0.2) is 4.79 Å². The van der Waals surface area contributed by atoms with E-state index < -0.39 is 0 Å². The molecule has 0 aliphatic carbocycles. The van der Waals surface area contributed by atoms with Gasteiger partial charge in [-0.1, -0.05) is 47.1 Å². The number of aromatic nitrogens is 1. The zero-order valence-electron chi connectivity index (χ0n) is 20.6. The van der Waals surface area contributed by atoms with Crippen LogP contribution in [0.5, 0.6) is 5.75 Å². The number of esters is 1. The summed E-state index contributed by atoms with van der Waals surface area (Å²) in [4.78, 5) is 17.5. The highest BCUT2D eigenvalue weighted by Crippen LogP contribution is 2.32. The van der Waals surface area contributed by atoms with Crippen molar-refractivity contribution in [2.24, 2.45) is 5.16 Å². The molecule has 0 aliphatic heterocycles. The highest BCUT2D eigenvalue weighted by molar-refractivity contribution is 6.30. The number of oxime groups is 1. The zero-order chi connectivity index (χ0) is 25.7. The predicted molar refractivity (Wildman–Crippen MR) is 142 cm³/mol. The minimum Gasteiger partial charge on any atom is -0.497 e. The third-order valence-electron chi connectivity index (χ3n) is 5.85. The number of rotatable bonds is 8. The molecule has 0 atom stereocenters. The quantitative estimate of drug-likeness (QED) is 0.150. The van der Waals surface area contributed by atoms with E-state index in [2.05, 4.69) is 15.8 Å². The van der Waals surface area contributed by atoms with Gasteiger partial charge in [-0.15, -0.1) is 0 Å². The fraction of sp³-hybridized carbons (Fsp3) is 0.172. The molecule has 0 unspecified atom stereocenters. The normalized spacial score (nSPS) is 11.3. The molecule has 0 aliphatic rings. The number of halogens is 1. The van der Waals surface area contributed by atoms with Gasteiger partial charge in [-0.3, -0.25) is 0 Å². The van der Waals surface area contributed by atoms with Crippen molar-refractivity contribution in [3.63, 3.8) is 0 Å². The van der Waals surface area contributed by atoms with Crippen LogP contribution in [0, 0.1) is 6.92 Å². The molecule has 36 heavy (non-hydrogen) atoms. The average molecular weight is 503 g/mol. The van der Waals surface area contributed by atoms with Crippen molar-refractivity contribution in [1.82, 2.24) is 4.57 Å². The van der Waals surface area contributed by atoms with Gasteiger partial charge in [0.2, 0.25) is 0 Å². The molecule has 4 rings (SSSR count). The number of methoxy groups -OCH3 is 2. The second-order valence-corrected chi connectivity index (χ2v) is 8.65. The summed E-state index contributed by atoms with van der Waals surface area (Å²) in [5, 5.41) is 5.03. The summed E-state index contributed by atoms with van der Waals surface area (Å²) in [6.45, 7) is 4.17. The number of carbonyl (C=O) groups excluding carboxylic acids is 1. The van der Waals surface area contributed by atoms with Gasteiger partial charge < -0.3 is 18.9 Å². The summed E-state index contributed by atoms with van der Waals surface area (Å²) in [5.74, 6) is 0.382. The Labute approximate surface area is 215 Å². The largest absolute Gasteiger partial charge is 0.497 e. The molecule has 0 amide bonds. The van der Waals surface area contributed by atoms with Crippen LogP contribution in [-0.2, 0) is 16.2 Å². The van der Waals surface area contributed by atoms with Crippen LogP contribution in [0.4, 0.5) is 0 Å². The van der Waals surface area contributed by atoms with E-state index in [1.165, 1.54) is 7.11 Å². The van der Waals surface area contributed by atoms with E-state index in [0.29, 0.717) is 10.6 Å². The maximum Gasteiger partial charge on any atom is 0.337 e. The molecule has 0 fully saturated rings. The maximum atomic E-state index is 11.8. The van der Waals surface area contributed by atoms with E-state index >= 15 is 0 Å². The van der Waals surface area contributed by atoms with Crippen LogP contribution in [0.2, 0.25) is 5.02 Å². The minimum absolute atomic E-state index is 0.221. The fourth-order valence-electron chi connectivity index (χ4n) is 4.07. The zero-order valence-corrected chi connectivity index (χ0v) is 21.4. The van der Waals surface area contributed by atoms with Crippen molar-refractivity contribution < 1.29 is 19.1 Å². The summed E-state index contributed by atoms with van der Waals surface area (Å²) < 4.78 is 12.4. The van der Waals surface area contributed by atoms with E-state index in [1.807, 2.05) is 68.4 Å². The van der Waals surface area contributed by atoms with Gasteiger partial charge in [-0.05, 0) is 67.9 Å². The number of benzene rings is 3. The molecule has 0 saturated carbocycles. The van der Waals surface area contributed by atoms with Crippen LogP contribution in [0.25, 0.3) is 16.9 Å². The second kappa shape index (κ2) is 11.1. The lowest BCUT2D eigenvalue weighted by Gasteiger charge is -2.13. The van der Waals surface area contributed by atoms with Crippen LogP contribution < -0.4 is 4.74 Å². The Morgan fingerprint density at radius 3 is 2.50 bits per heavy atom. The van der Waals surface area contributed by atoms with E-state index in [0.717, 1.165) is 45.2 Å². The second-order valence-electron chi connectivity index (χ2n) is 8.22. The standard InChI is InChI=1S/C29H27ClN2O4/c1-19(31-36-18-21-8-5-10-23(14-21)29(33)35-4)27-17-28(22-9-6-13-26(15-22)34-3)32(20(27)2)25-12-7-11-24(30)16-25/h5-17H,18H2,1-4H3/b31-19-. The molecule has 4 aromatic rings. The highest BCUT2D eigenvalue weighted by Gasteiger charge is 2.18. The number of ether oxygens (including phenoxy) is 2. The van der Waals surface area contributed by atoms with E-state index in [1.54, 1.807) is 25.3 Å². The molecule has 184 valence electrons. The molecule has 0 spiro atoms. The molecule has 0 saturated heterocycles. The Hall–Kier alpha value is -4.03. The Balaban J connectivity index is 1.68. The van der Waals surface area contributed by atoms with Crippen LogP contribution in [0.3, 0.4) is 0 Å². The van der Waals surface area contributed by atoms with Crippen molar-refractivity contribution in [2.75, 3.05) is 14.2 Å². The number of hydrogen-bond donors (Lipinski definition) is 0. The maximum absolute atomic E-state index is 11.8. The molecule has 1 aromatic heterocycles. The summed E-state index contributed by atoms with van der Waals surface area (Å²) in [7, 11) is 3.01. The van der Waals surface area contributed by atoms with Crippen LogP contribution in [0.15, 0.2) is 84.0 Å². The molecule has 0 N–H and O–H groups in total. The first-order valence-corrected chi connectivity index (χ1v) is 11.8. The topological polar surface area (TPSA) is 62.1 Å². The molecular formula is C29H27ClN2O4. The van der Waals surface area contributed by atoms with Gasteiger partial charge in [0, 0.05) is 27.5 Å². The predicted octanol–water partition coefficient (Wildman–Crippen LogP) is 6.84. The number of carbonyl (C=O) groups is 1. The van der Waals surface area contributed by atoms with E-state index in [-0.39, 0.29) is 12.6 Å². The lowest BCUT2D eigenvalue weighted by Crippen LogP contribution is -2.03. The van der Waals surface area contributed by atoms with Gasteiger partial charge in [0.1, 0.15) is 12.4 Å². The van der Waals surface area contributed by atoms with Gasteiger partial charge in [0.05, 0.1) is 31.2 Å². The summed E-state index contributed by atoms with van der Waals surface area (Å²) in [6, 6.07) is 24.8. The first-order valence-electron chi connectivity index (χ1n) is 11.4. The van der Waals surface area contributed by atoms with Crippen molar-refractivity contribution in [3.05, 3.63) is 106 Å². The van der Waals surface area contributed by atoms with Gasteiger partial charge in [0.15, 0.2) is 0 Å². The van der Waals surface area contributed by atoms with Crippen LogP contribution >= 0.6 is 11.6 Å². The Kier molecular flexibility index (Phi) is 7.76. The van der Waals surface area contributed by atoms with Crippen molar-refractivity contribution in [3.8, 4) is 22.7 Å². The van der Waals surface area contributed by atoms with Gasteiger partial charge in [0.25, 0.3) is 0 Å². The molecule has 6 nitrogen and oxygen atoms in total. The summed E-state index contributed by atoms with van der Waals surface area (Å²) >= 11 is 6.32. The number of nitrogens with zero attached hydrogens (tertiary/aromatic N) is 2. The highest BCUT2D eigenvalue weighted by atomic mass is 35.5. The molecular weight excluding hydrogens is 476 g/mol. The Bertz CT molecular complexity index is 1420. The number of hydrogen-bond acceptors (Lipinski definition) is 5. The monoisotopic (exact) mass is 502 g/mol. The molecule has 0 radical (unpaired) electrons. The Morgan fingerprint density at radius 2 is 1.75 bits per heavy atom. The van der Waals surface area contributed by atoms with E-state index in [4.69, 9.17) is 25.9 Å². The molecule has 7 heteroatoms. The van der Waals surface area contributed by atoms with Gasteiger partial charge in [-0.2, -0.15) is 0 Å². The third-order valence-corrected chi connectivity index (χ3v) is 6.08. The summed E-state index contributed by atoms with van der Waals surface area (Å²) in [6.07, 6.45) is 0.